The lowest BCUT2D eigenvalue weighted by Gasteiger charge is -2.25. The Hall–Kier alpha value is -2.21. The van der Waals surface area contributed by atoms with Crippen LogP contribution in [0.1, 0.15) is 18.1 Å². The first-order chi connectivity index (χ1) is 11.4. The fourth-order valence-corrected chi connectivity index (χ4v) is 4.16. The molecule has 3 rings (SSSR count). The fraction of sp³-hybridized carbons (Fsp3) is 0.333. The normalized spacial score (nSPS) is 13.6. The van der Waals surface area contributed by atoms with Crippen LogP contribution in [0.5, 0.6) is 11.5 Å². The Bertz CT molecular complexity index is 861. The van der Waals surface area contributed by atoms with Gasteiger partial charge in [-0.2, -0.15) is 0 Å². The number of sulfonamides is 1. The molecule has 0 radical (unpaired) electrons. The van der Waals surface area contributed by atoms with Crippen LogP contribution < -0.4 is 13.8 Å². The fourth-order valence-electron chi connectivity index (χ4n) is 2.68. The molecule has 0 aliphatic carbocycles. The van der Waals surface area contributed by atoms with Crippen LogP contribution in [0.2, 0.25) is 0 Å². The van der Waals surface area contributed by atoms with Gasteiger partial charge in [0.15, 0.2) is 11.5 Å². The number of benzene rings is 2. The average molecular weight is 347 g/mol. The molecule has 0 amide bonds. The van der Waals surface area contributed by atoms with Crippen LogP contribution in [-0.2, 0) is 10.0 Å². The minimum Gasteiger partial charge on any atom is -0.486 e. The second-order valence-electron chi connectivity index (χ2n) is 5.74. The molecule has 0 bridgehead atoms. The maximum atomic E-state index is 13.1. The molecule has 1 aliphatic heterocycles. The zero-order chi connectivity index (χ0) is 17.3. The highest BCUT2D eigenvalue weighted by atomic mass is 32.2. The number of rotatable bonds is 4. The topological polar surface area (TPSA) is 55.8 Å². The maximum absolute atomic E-state index is 13.1. The first-order valence-corrected chi connectivity index (χ1v) is 9.37. The lowest BCUT2D eigenvalue weighted by molar-refractivity contribution is 0.171. The highest BCUT2D eigenvalue weighted by Crippen LogP contribution is 2.34. The summed E-state index contributed by atoms with van der Waals surface area (Å²) >= 11 is 0. The highest BCUT2D eigenvalue weighted by molar-refractivity contribution is 7.92. The van der Waals surface area contributed by atoms with Gasteiger partial charge in [-0.25, -0.2) is 8.42 Å². The maximum Gasteiger partial charge on any atom is 0.264 e. The van der Waals surface area contributed by atoms with Crippen LogP contribution in [0.25, 0.3) is 0 Å². The van der Waals surface area contributed by atoms with Crippen LogP contribution >= 0.6 is 0 Å². The van der Waals surface area contributed by atoms with Crippen molar-refractivity contribution in [2.45, 2.75) is 25.7 Å². The summed E-state index contributed by atoms with van der Waals surface area (Å²) in [5.41, 5.74) is 2.85. The van der Waals surface area contributed by atoms with Gasteiger partial charge in [0.2, 0.25) is 0 Å². The Morgan fingerprint density at radius 2 is 1.67 bits per heavy atom. The van der Waals surface area contributed by atoms with Gasteiger partial charge >= 0.3 is 0 Å². The third-order valence-corrected chi connectivity index (χ3v) is 6.07. The van der Waals surface area contributed by atoms with E-state index < -0.39 is 10.0 Å². The van der Waals surface area contributed by atoms with E-state index in [-0.39, 0.29) is 4.90 Å². The SMILES string of the molecule is CCN(c1ccc(C)c(C)c1)S(=O)(=O)c1ccc2c(c1)OCCO2. The lowest BCUT2D eigenvalue weighted by Crippen LogP contribution is -2.31. The molecule has 0 unspecified atom stereocenters. The third kappa shape index (κ3) is 2.94. The molecular formula is C18H21NO4S. The Labute approximate surface area is 142 Å². The molecule has 5 nitrogen and oxygen atoms in total. The minimum atomic E-state index is -3.67. The number of ether oxygens (including phenoxy) is 2. The van der Waals surface area contributed by atoms with Gasteiger partial charge in [0.05, 0.1) is 10.6 Å². The van der Waals surface area contributed by atoms with Crippen molar-refractivity contribution in [2.24, 2.45) is 0 Å². The molecule has 6 heteroatoms. The largest absolute Gasteiger partial charge is 0.486 e. The lowest BCUT2D eigenvalue weighted by atomic mass is 10.1. The molecule has 0 N–H and O–H groups in total. The van der Waals surface area contributed by atoms with E-state index in [4.69, 9.17) is 9.47 Å². The van der Waals surface area contributed by atoms with Crippen LogP contribution in [-0.4, -0.2) is 28.2 Å². The Morgan fingerprint density at radius 1 is 0.958 bits per heavy atom. The van der Waals surface area contributed by atoms with Gasteiger partial charge < -0.3 is 9.47 Å². The molecule has 1 aliphatic rings. The van der Waals surface area contributed by atoms with Crippen LogP contribution in [0.15, 0.2) is 41.3 Å². The Kier molecular flexibility index (Phi) is 4.41. The zero-order valence-corrected chi connectivity index (χ0v) is 14.9. The van der Waals surface area contributed by atoms with E-state index in [9.17, 15) is 8.42 Å². The van der Waals surface area contributed by atoms with Gasteiger partial charge in [0, 0.05) is 12.6 Å². The summed E-state index contributed by atoms with van der Waals surface area (Å²) in [6.45, 7) is 7.05. The second-order valence-corrected chi connectivity index (χ2v) is 7.61. The van der Waals surface area contributed by atoms with E-state index in [0.717, 1.165) is 11.1 Å². The average Bonchev–Trinajstić information content (AvgIpc) is 2.58. The van der Waals surface area contributed by atoms with Crippen LogP contribution in [0, 0.1) is 13.8 Å². The highest BCUT2D eigenvalue weighted by Gasteiger charge is 2.26. The summed E-state index contributed by atoms with van der Waals surface area (Å²) in [4.78, 5) is 0.201. The van der Waals surface area contributed by atoms with Gasteiger partial charge in [0.25, 0.3) is 10.0 Å². The molecule has 1 heterocycles. The smallest absolute Gasteiger partial charge is 0.264 e. The van der Waals surface area contributed by atoms with Crippen molar-refractivity contribution in [1.29, 1.82) is 0 Å². The summed E-state index contributed by atoms with van der Waals surface area (Å²) in [6, 6.07) is 10.4. The van der Waals surface area contributed by atoms with Gasteiger partial charge in [-0.15, -0.1) is 0 Å². The number of anilines is 1. The Balaban J connectivity index is 2.02. The molecule has 0 spiro atoms. The molecule has 128 valence electrons. The molecule has 0 saturated carbocycles. The number of fused-ring (bicyclic) bond motifs is 1. The summed E-state index contributed by atoms with van der Waals surface area (Å²) in [5, 5.41) is 0. The van der Waals surface area contributed by atoms with E-state index in [1.165, 1.54) is 10.4 Å². The predicted octanol–water partition coefficient (Wildman–Crippen LogP) is 3.29. The van der Waals surface area contributed by atoms with E-state index in [2.05, 4.69) is 0 Å². The summed E-state index contributed by atoms with van der Waals surface area (Å²) in [7, 11) is -3.67. The van der Waals surface area contributed by atoms with E-state index in [0.29, 0.717) is 36.9 Å². The predicted molar refractivity (Wildman–Crippen MR) is 93.6 cm³/mol. The zero-order valence-electron chi connectivity index (χ0n) is 14.1. The third-order valence-electron chi connectivity index (χ3n) is 4.17. The molecule has 0 fully saturated rings. The standard InChI is InChI=1S/C18H21NO4S/c1-4-19(15-6-5-13(2)14(3)11-15)24(20,21)16-7-8-17-18(12-16)23-10-9-22-17/h5-8,11-12H,4,9-10H2,1-3H3. The van der Waals surface area contributed by atoms with Crippen molar-refractivity contribution in [2.75, 3.05) is 24.1 Å². The summed E-state index contributed by atoms with van der Waals surface area (Å²) < 4.78 is 38.5. The van der Waals surface area contributed by atoms with Gasteiger partial charge in [0.1, 0.15) is 13.2 Å². The molecular weight excluding hydrogens is 326 g/mol. The molecule has 0 aromatic heterocycles. The van der Waals surface area contributed by atoms with Crippen LogP contribution in [0.3, 0.4) is 0 Å². The molecule has 2 aromatic carbocycles. The first kappa shape index (κ1) is 16.6. The van der Waals surface area contributed by atoms with Crippen molar-refractivity contribution >= 4 is 15.7 Å². The quantitative estimate of drug-likeness (QED) is 0.852. The van der Waals surface area contributed by atoms with Crippen molar-refractivity contribution in [3.8, 4) is 11.5 Å². The van der Waals surface area contributed by atoms with Crippen molar-refractivity contribution in [3.63, 3.8) is 0 Å². The van der Waals surface area contributed by atoms with Gasteiger partial charge in [-0.1, -0.05) is 6.07 Å². The number of hydrogen-bond acceptors (Lipinski definition) is 4. The van der Waals surface area contributed by atoms with Gasteiger partial charge in [-0.3, -0.25) is 4.31 Å². The van der Waals surface area contributed by atoms with E-state index in [1.807, 2.05) is 39.0 Å². The summed E-state index contributed by atoms with van der Waals surface area (Å²) in [5.74, 6) is 1.05. The molecule has 24 heavy (non-hydrogen) atoms. The molecule has 0 saturated heterocycles. The minimum absolute atomic E-state index is 0.201. The monoisotopic (exact) mass is 347 g/mol. The Morgan fingerprint density at radius 3 is 2.33 bits per heavy atom. The first-order valence-electron chi connectivity index (χ1n) is 7.93. The number of nitrogens with zero attached hydrogens (tertiary/aromatic N) is 1. The molecule has 2 aromatic rings. The van der Waals surface area contributed by atoms with Crippen molar-refractivity contribution in [3.05, 3.63) is 47.5 Å². The number of aryl methyl sites for hydroxylation is 2. The summed E-state index contributed by atoms with van der Waals surface area (Å²) in [6.07, 6.45) is 0. The number of hydrogen-bond donors (Lipinski definition) is 0. The van der Waals surface area contributed by atoms with Crippen molar-refractivity contribution < 1.29 is 17.9 Å². The van der Waals surface area contributed by atoms with E-state index >= 15 is 0 Å². The van der Waals surface area contributed by atoms with Crippen LogP contribution in [0.4, 0.5) is 5.69 Å². The van der Waals surface area contributed by atoms with E-state index in [1.54, 1.807) is 12.1 Å². The second kappa shape index (κ2) is 6.36. The van der Waals surface area contributed by atoms with Crippen molar-refractivity contribution in [1.82, 2.24) is 0 Å². The van der Waals surface area contributed by atoms with Gasteiger partial charge in [-0.05, 0) is 56.2 Å². The molecule has 0 atom stereocenters.